The molecule has 1 unspecified atom stereocenters. The van der Waals surface area contributed by atoms with Crippen LogP contribution in [0.15, 0.2) is 0 Å². The summed E-state index contributed by atoms with van der Waals surface area (Å²) in [5, 5.41) is 14.4. The summed E-state index contributed by atoms with van der Waals surface area (Å²) >= 11 is 0. The molecule has 0 bridgehead atoms. The molecule has 2 aliphatic heterocycles. The Bertz CT molecular complexity index is 534. The second kappa shape index (κ2) is 6.96. The molecular weight excluding hydrogens is 298 g/mol. The van der Waals surface area contributed by atoms with Crippen molar-refractivity contribution in [1.82, 2.24) is 20.4 Å². The third-order valence-corrected chi connectivity index (χ3v) is 4.57. The van der Waals surface area contributed by atoms with E-state index in [9.17, 15) is 14.4 Å². The first-order chi connectivity index (χ1) is 10.9. The van der Waals surface area contributed by atoms with Gasteiger partial charge in [0.15, 0.2) is 0 Å². The van der Waals surface area contributed by atoms with Crippen molar-refractivity contribution in [1.29, 1.82) is 5.26 Å². The Balaban J connectivity index is 1.89. The Morgan fingerprint density at radius 2 is 2.09 bits per heavy atom. The fourth-order valence-electron chi connectivity index (χ4n) is 2.95. The van der Waals surface area contributed by atoms with Crippen molar-refractivity contribution in [2.24, 2.45) is 0 Å². The molecule has 0 aromatic heterocycles. The van der Waals surface area contributed by atoms with E-state index in [1.54, 1.807) is 0 Å². The molecule has 2 N–H and O–H groups in total. The number of hydrogen-bond acceptors (Lipinski definition) is 5. The summed E-state index contributed by atoms with van der Waals surface area (Å²) in [6.45, 7) is 5.15. The second-order valence-electron chi connectivity index (χ2n) is 6.21. The predicted molar refractivity (Wildman–Crippen MR) is 82.2 cm³/mol. The molecule has 4 amide bonds. The van der Waals surface area contributed by atoms with Gasteiger partial charge in [0.05, 0.1) is 12.6 Å². The number of urea groups is 1. The van der Waals surface area contributed by atoms with Gasteiger partial charge < -0.3 is 10.6 Å². The maximum atomic E-state index is 12.4. The van der Waals surface area contributed by atoms with E-state index in [1.807, 2.05) is 24.8 Å². The van der Waals surface area contributed by atoms with E-state index in [0.717, 1.165) is 11.3 Å². The topological polar surface area (TPSA) is 106 Å². The summed E-state index contributed by atoms with van der Waals surface area (Å²) in [4.78, 5) is 39.1. The van der Waals surface area contributed by atoms with Crippen LogP contribution in [0.5, 0.6) is 0 Å². The molecule has 1 atom stereocenters. The minimum Gasteiger partial charge on any atom is -0.353 e. The molecule has 2 fully saturated rings. The van der Waals surface area contributed by atoms with E-state index < -0.39 is 11.6 Å². The molecule has 126 valence electrons. The fourth-order valence-corrected chi connectivity index (χ4v) is 2.95. The van der Waals surface area contributed by atoms with Crippen LogP contribution in [0, 0.1) is 11.3 Å². The zero-order chi connectivity index (χ0) is 17.0. The molecule has 8 nitrogen and oxygen atoms in total. The Morgan fingerprint density at radius 1 is 1.43 bits per heavy atom. The molecule has 1 spiro atoms. The van der Waals surface area contributed by atoms with Gasteiger partial charge in [-0.1, -0.05) is 6.92 Å². The average Bonchev–Trinajstić information content (AvgIpc) is 2.74. The first-order valence-corrected chi connectivity index (χ1v) is 7.94. The molecule has 2 rings (SSSR count). The largest absolute Gasteiger partial charge is 0.353 e. The maximum Gasteiger partial charge on any atom is 0.325 e. The van der Waals surface area contributed by atoms with Crippen LogP contribution in [0.2, 0.25) is 0 Å². The molecule has 0 aromatic carbocycles. The summed E-state index contributed by atoms with van der Waals surface area (Å²) < 4.78 is 0. The number of nitrogens with one attached hydrogen (secondary N) is 2. The third-order valence-electron chi connectivity index (χ3n) is 4.57. The minimum absolute atomic E-state index is 0.0248. The van der Waals surface area contributed by atoms with Crippen molar-refractivity contribution >= 4 is 17.8 Å². The maximum absolute atomic E-state index is 12.4. The number of imide groups is 1. The van der Waals surface area contributed by atoms with Crippen molar-refractivity contribution in [3.63, 3.8) is 0 Å². The van der Waals surface area contributed by atoms with Crippen molar-refractivity contribution in [3.05, 3.63) is 0 Å². The smallest absolute Gasteiger partial charge is 0.325 e. The van der Waals surface area contributed by atoms with E-state index in [0.29, 0.717) is 32.5 Å². The van der Waals surface area contributed by atoms with Gasteiger partial charge >= 0.3 is 6.03 Å². The van der Waals surface area contributed by atoms with Crippen LogP contribution in [-0.2, 0) is 9.59 Å². The van der Waals surface area contributed by atoms with Crippen molar-refractivity contribution in [2.75, 3.05) is 26.2 Å². The van der Waals surface area contributed by atoms with Crippen LogP contribution >= 0.6 is 0 Å². The highest BCUT2D eigenvalue weighted by molar-refractivity contribution is 6.07. The van der Waals surface area contributed by atoms with Gasteiger partial charge in [0.2, 0.25) is 5.91 Å². The molecular formula is C15H23N5O3. The van der Waals surface area contributed by atoms with E-state index in [2.05, 4.69) is 10.6 Å². The van der Waals surface area contributed by atoms with E-state index in [1.165, 1.54) is 0 Å². The highest BCUT2D eigenvalue weighted by Crippen LogP contribution is 2.29. The van der Waals surface area contributed by atoms with Gasteiger partial charge in [-0.3, -0.25) is 14.5 Å². The normalized spacial score (nSPS) is 21.9. The number of rotatable bonds is 5. The lowest BCUT2D eigenvalue weighted by Gasteiger charge is -2.37. The molecule has 0 saturated carbocycles. The van der Waals surface area contributed by atoms with Gasteiger partial charge in [0, 0.05) is 19.1 Å². The summed E-state index contributed by atoms with van der Waals surface area (Å²) in [5.74, 6) is -0.351. The van der Waals surface area contributed by atoms with Gasteiger partial charge in [-0.05, 0) is 26.2 Å². The summed E-state index contributed by atoms with van der Waals surface area (Å²) in [6, 6.07) is 1.48. The Morgan fingerprint density at radius 3 is 2.65 bits per heavy atom. The van der Waals surface area contributed by atoms with Crippen LogP contribution in [0.25, 0.3) is 0 Å². The van der Waals surface area contributed by atoms with Crippen LogP contribution in [0.4, 0.5) is 4.79 Å². The standard InChI is InChI=1S/C15H23N5O3/c1-3-11(2)17-12(21)10-19-7-4-15(5-8-19)13(22)20(9-6-16)14(23)18-15/h11H,3-5,7-10H2,1-2H3,(H,17,21)(H,18,23). The molecule has 8 heteroatoms. The molecule has 0 radical (unpaired) electrons. The van der Waals surface area contributed by atoms with Crippen LogP contribution < -0.4 is 10.6 Å². The highest BCUT2D eigenvalue weighted by atomic mass is 16.2. The molecule has 0 aliphatic carbocycles. The quantitative estimate of drug-likeness (QED) is 0.539. The molecule has 2 heterocycles. The lowest BCUT2D eigenvalue weighted by Crippen LogP contribution is -2.56. The van der Waals surface area contributed by atoms with Gasteiger partial charge in [-0.15, -0.1) is 0 Å². The summed E-state index contributed by atoms with van der Waals surface area (Å²) in [6.07, 6.45) is 1.79. The molecule has 0 aromatic rings. The Hall–Kier alpha value is -2.14. The predicted octanol–water partition coefficient (Wildman–Crippen LogP) is -0.189. The van der Waals surface area contributed by atoms with Crippen LogP contribution in [0.1, 0.15) is 33.1 Å². The zero-order valence-electron chi connectivity index (χ0n) is 13.6. The number of carbonyl (C=O) groups excluding carboxylic acids is 3. The Kier molecular flexibility index (Phi) is 5.21. The first kappa shape index (κ1) is 17.2. The van der Waals surface area contributed by atoms with Gasteiger partial charge in [0.1, 0.15) is 12.1 Å². The average molecular weight is 321 g/mol. The fraction of sp³-hybridized carbons (Fsp3) is 0.733. The highest BCUT2D eigenvalue weighted by Gasteiger charge is 2.52. The number of carbonyl (C=O) groups is 3. The SMILES string of the molecule is CCC(C)NC(=O)CN1CCC2(CC1)NC(=O)N(CC#N)C2=O. The van der Waals surface area contributed by atoms with Crippen molar-refractivity contribution in [3.8, 4) is 6.07 Å². The lowest BCUT2D eigenvalue weighted by atomic mass is 9.87. The van der Waals surface area contributed by atoms with Gasteiger partial charge in [0.25, 0.3) is 5.91 Å². The van der Waals surface area contributed by atoms with Crippen LogP contribution in [-0.4, -0.2) is 65.4 Å². The summed E-state index contributed by atoms with van der Waals surface area (Å²) in [5.41, 5.74) is -0.905. The second-order valence-corrected chi connectivity index (χ2v) is 6.21. The number of amides is 4. The minimum atomic E-state index is -0.905. The third kappa shape index (κ3) is 3.62. The number of hydrogen-bond donors (Lipinski definition) is 2. The molecule has 2 saturated heterocycles. The van der Waals surface area contributed by atoms with Crippen molar-refractivity contribution in [2.45, 2.75) is 44.7 Å². The first-order valence-electron chi connectivity index (χ1n) is 7.94. The number of likely N-dealkylation sites (tertiary alicyclic amines) is 1. The zero-order valence-corrected chi connectivity index (χ0v) is 13.6. The number of nitrogens with zero attached hydrogens (tertiary/aromatic N) is 3. The van der Waals surface area contributed by atoms with E-state index in [-0.39, 0.29) is 24.4 Å². The van der Waals surface area contributed by atoms with Gasteiger partial charge in [-0.2, -0.15) is 5.26 Å². The number of piperidine rings is 1. The Labute approximate surface area is 135 Å². The number of nitriles is 1. The summed E-state index contributed by atoms with van der Waals surface area (Å²) in [7, 11) is 0. The van der Waals surface area contributed by atoms with Crippen molar-refractivity contribution < 1.29 is 14.4 Å². The molecule has 23 heavy (non-hydrogen) atoms. The monoisotopic (exact) mass is 321 g/mol. The van der Waals surface area contributed by atoms with E-state index in [4.69, 9.17) is 5.26 Å². The van der Waals surface area contributed by atoms with Gasteiger partial charge in [-0.25, -0.2) is 9.69 Å². The molecule has 2 aliphatic rings. The van der Waals surface area contributed by atoms with Crippen LogP contribution in [0.3, 0.4) is 0 Å². The lowest BCUT2D eigenvalue weighted by molar-refractivity contribution is -0.132. The van der Waals surface area contributed by atoms with E-state index >= 15 is 0 Å².